The van der Waals surface area contributed by atoms with E-state index in [0.29, 0.717) is 35.1 Å². The Morgan fingerprint density at radius 3 is 1.74 bits per heavy atom. The molecular formula is C24H14Br2Cl4O5. The van der Waals surface area contributed by atoms with Crippen molar-refractivity contribution in [1.82, 2.24) is 0 Å². The Morgan fingerprint density at radius 2 is 1.29 bits per heavy atom. The fraction of sp³-hybridized carbons (Fsp3) is 0.208. The van der Waals surface area contributed by atoms with Crippen LogP contribution >= 0.6 is 78.3 Å². The van der Waals surface area contributed by atoms with Crippen molar-refractivity contribution in [3.63, 3.8) is 0 Å². The number of halogens is 6. The molecule has 5 rings (SSSR count). The number of esters is 1. The zero-order valence-electron chi connectivity index (χ0n) is 18.0. The normalized spacial score (nSPS) is 14.9. The Balaban J connectivity index is 2.05. The smallest absolute Gasteiger partial charge is 0.341 e. The SMILES string of the molecule is CCc1cc2c(c(Br)c1O)Oc1c(cc(CC)c(O)c1Br)C21OC(=O)c2c(Cl)c(Cl)c(Cl)c(Cl)c21. The Bertz CT molecular complexity index is 1420. The van der Waals surface area contributed by atoms with Crippen LogP contribution in [0.5, 0.6) is 23.0 Å². The average Bonchev–Trinajstić information content (AvgIpc) is 3.14. The molecule has 0 bridgehead atoms. The highest BCUT2D eigenvalue weighted by Gasteiger charge is 2.58. The van der Waals surface area contributed by atoms with E-state index in [-0.39, 0.29) is 63.2 Å². The maximum absolute atomic E-state index is 13.4. The van der Waals surface area contributed by atoms with E-state index >= 15 is 0 Å². The summed E-state index contributed by atoms with van der Waals surface area (Å²) in [7, 11) is 0. The van der Waals surface area contributed by atoms with Gasteiger partial charge in [0, 0.05) is 16.7 Å². The summed E-state index contributed by atoms with van der Waals surface area (Å²) in [5.74, 6) is -0.462. The fourth-order valence-electron chi connectivity index (χ4n) is 4.63. The molecule has 5 nitrogen and oxygen atoms in total. The maximum Gasteiger partial charge on any atom is 0.341 e. The molecule has 35 heavy (non-hydrogen) atoms. The van der Waals surface area contributed by atoms with Crippen molar-refractivity contribution in [1.29, 1.82) is 0 Å². The molecule has 0 unspecified atom stereocenters. The molecule has 0 atom stereocenters. The molecule has 0 saturated carbocycles. The number of phenolic OH excluding ortho intramolecular Hbond substituents is 2. The predicted octanol–water partition coefficient (Wildman–Crippen LogP) is 8.93. The van der Waals surface area contributed by atoms with Gasteiger partial charge in [-0.1, -0.05) is 60.3 Å². The molecule has 0 aliphatic carbocycles. The Kier molecular flexibility index (Phi) is 6.22. The van der Waals surface area contributed by atoms with Gasteiger partial charge in [0.1, 0.15) is 20.4 Å². The van der Waals surface area contributed by atoms with Crippen LogP contribution in [0.1, 0.15) is 52.0 Å². The summed E-state index contributed by atoms with van der Waals surface area (Å²) in [5, 5.41) is 21.4. The summed E-state index contributed by atoms with van der Waals surface area (Å²) in [5.41, 5.74) is 0.460. The van der Waals surface area contributed by atoms with Crippen LogP contribution in [0.3, 0.4) is 0 Å². The van der Waals surface area contributed by atoms with Gasteiger partial charge in [-0.3, -0.25) is 0 Å². The second kappa shape index (κ2) is 8.61. The molecule has 1 spiro atoms. The second-order valence-corrected chi connectivity index (χ2v) is 11.1. The number of rotatable bonds is 2. The third-order valence-electron chi connectivity index (χ3n) is 6.34. The van der Waals surface area contributed by atoms with Crippen LogP contribution in [0.2, 0.25) is 20.1 Å². The molecule has 2 N–H and O–H groups in total. The lowest BCUT2D eigenvalue weighted by atomic mass is 9.76. The van der Waals surface area contributed by atoms with Gasteiger partial charge in [-0.05, 0) is 68.0 Å². The van der Waals surface area contributed by atoms with Gasteiger partial charge in [0.25, 0.3) is 0 Å². The average molecular weight is 684 g/mol. The van der Waals surface area contributed by atoms with Crippen molar-refractivity contribution >= 4 is 84.2 Å². The molecule has 0 radical (unpaired) electrons. The number of phenols is 2. The third-order valence-corrected chi connectivity index (χ3v) is 9.62. The van der Waals surface area contributed by atoms with Gasteiger partial charge >= 0.3 is 5.97 Å². The van der Waals surface area contributed by atoms with E-state index in [9.17, 15) is 15.0 Å². The van der Waals surface area contributed by atoms with Crippen molar-refractivity contribution < 1.29 is 24.5 Å². The monoisotopic (exact) mass is 680 g/mol. The lowest BCUT2D eigenvalue weighted by molar-refractivity contribution is 0.0223. The standard InChI is InChI=1S/C24H14Br2Cl4O5/c1-3-7-5-9-21(13(25)19(7)31)34-22-10(6-8(4-2)20(32)14(22)26)24(9)12-11(23(33)35-24)15(27)17(29)18(30)16(12)28/h5-6,31-32H,3-4H2,1-2H3. The quantitative estimate of drug-likeness (QED) is 0.160. The number of aryl methyl sites for hydroxylation is 2. The first-order valence-corrected chi connectivity index (χ1v) is 13.5. The second-order valence-electron chi connectivity index (χ2n) is 8.04. The summed E-state index contributed by atoms with van der Waals surface area (Å²) in [6.45, 7) is 3.74. The number of carbonyl (C=O) groups excluding carboxylic acids is 1. The van der Waals surface area contributed by atoms with Gasteiger partial charge in [-0.25, -0.2) is 4.79 Å². The largest absolute Gasteiger partial charge is 0.506 e. The first-order chi connectivity index (χ1) is 16.5. The molecule has 0 saturated heterocycles. The van der Waals surface area contributed by atoms with E-state index in [4.69, 9.17) is 55.9 Å². The van der Waals surface area contributed by atoms with Crippen molar-refractivity contribution in [2.75, 3.05) is 0 Å². The molecule has 0 fully saturated rings. The highest BCUT2D eigenvalue weighted by molar-refractivity contribution is 9.11. The van der Waals surface area contributed by atoms with E-state index in [1.165, 1.54) is 0 Å². The molecular weight excluding hydrogens is 670 g/mol. The van der Waals surface area contributed by atoms with E-state index < -0.39 is 11.6 Å². The maximum atomic E-state index is 13.4. The van der Waals surface area contributed by atoms with Crippen molar-refractivity contribution in [3.05, 3.63) is 74.5 Å². The van der Waals surface area contributed by atoms with Crippen LogP contribution < -0.4 is 4.74 Å². The van der Waals surface area contributed by atoms with Gasteiger partial charge in [-0.2, -0.15) is 0 Å². The molecule has 0 aromatic heterocycles. The molecule has 182 valence electrons. The third kappa shape index (κ3) is 3.22. The Hall–Kier alpha value is -1.35. The minimum Gasteiger partial charge on any atom is -0.506 e. The Labute approximate surface area is 237 Å². The van der Waals surface area contributed by atoms with E-state index in [1.807, 2.05) is 13.8 Å². The number of aromatic hydroxyl groups is 2. The first-order valence-electron chi connectivity index (χ1n) is 10.4. The van der Waals surface area contributed by atoms with Crippen LogP contribution in [-0.2, 0) is 23.2 Å². The van der Waals surface area contributed by atoms with Gasteiger partial charge in [0.05, 0.1) is 25.7 Å². The number of fused-ring (bicyclic) bond motifs is 6. The number of hydrogen-bond acceptors (Lipinski definition) is 5. The van der Waals surface area contributed by atoms with Crippen LogP contribution in [0.15, 0.2) is 21.1 Å². The minimum atomic E-state index is -1.66. The van der Waals surface area contributed by atoms with Crippen LogP contribution in [0.25, 0.3) is 0 Å². The minimum absolute atomic E-state index is 0.00907. The van der Waals surface area contributed by atoms with Crippen molar-refractivity contribution in [2.45, 2.75) is 32.3 Å². The fourth-order valence-corrected chi connectivity index (χ4v) is 6.79. The zero-order chi connectivity index (χ0) is 25.6. The summed E-state index contributed by atoms with van der Waals surface area (Å²) in [4.78, 5) is 13.4. The van der Waals surface area contributed by atoms with Gasteiger partial charge < -0.3 is 19.7 Å². The molecule has 2 aliphatic heterocycles. The van der Waals surface area contributed by atoms with Crippen LogP contribution in [-0.4, -0.2) is 16.2 Å². The van der Waals surface area contributed by atoms with Crippen molar-refractivity contribution in [2.24, 2.45) is 0 Å². The molecule has 2 heterocycles. The van der Waals surface area contributed by atoms with Crippen LogP contribution in [0.4, 0.5) is 0 Å². The lowest BCUT2D eigenvalue weighted by Crippen LogP contribution is -2.34. The van der Waals surface area contributed by atoms with E-state index in [1.54, 1.807) is 12.1 Å². The van der Waals surface area contributed by atoms with Gasteiger partial charge in [0.15, 0.2) is 17.1 Å². The summed E-state index contributed by atoms with van der Waals surface area (Å²) >= 11 is 32.8. The van der Waals surface area contributed by atoms with E-state index in [0.717, 1.165) is 0 Å². The number of ether oxygens (including phenoxy) is 2. The topological polar surface area (TPSA) is 76.0 Å². The highest BCUT2D eigenvalue weighted by Crippen LogP contribution is 2.64. The zero-order valence-corrected chi connectivity index (χ0v) is 24.2. The molecule has 11 heteroatoms. The summed E-state index contributed by atoms with van der Waals surface area (Å²) in [6.07, 6.45) is 0.938. The van der Waals surface area contributed by atoms with Gasteiger partial charge in [-0.15, -0.1) is 0 Å². The van der Waals surface area contributed by atoms with Crippen molar-refractivity contribution in [3.8, 4) is 23.0 Å². The summed E-state index contributed by atoms with van der Waals surface area (Å²) in [6, 6.07) is 3.39. The van der Waals surface area contributed by atoms with Crippen LogP contribution in [0, 0.1) is 0 Å². The molecule has 3 aromatic carbocycles. The highest BCUT2D eigenvalue weighted by atomic mass is 79.9. The van der Waals surface area contributed by atoms with Gasteiger partial charge in [0.2, 0.25) is 0 Å². The number of hydrogen-bond donors (Lipinski definition) is 2. The lowest BCUT2D eigenvalue weighted by Gasteiger charge is -2.38. The van der Waals surface area contributed by atoms with E-state index in [2.05, 4.69) is 31.9 Å². The summed E-state index contributed by atoms with van der Waals surface area (Å²) < 4.78 is 12.9. The first kappa shape index (κ1) is 25.3. The predicted molar refractivity (Wildman–Crippen MR) is 142 cm³/mol. The Morgan fingerprint density at radius 1 is 0.829 bits per heavy atom. The molecule has 0 amide bonds. The molecule has 2 aliphatic rings. The molecule has 3 aromatic rings. The number of benzene rings is 3. The number of carbonyl (C=O) groups is 1.